The molecule has 3 aliphatic rings. The molecule has 27 heteroatoms. The maximum Gasteiger partial charge on any atom is 0.326 e. The van der Waals surface area contributed by atoms with Crippen molar-refractivity contribution in [3.63, 3.8) is 0 Å². The second-order valence-electron chi connectivity index (χ2n) is 20.0. The molecule has 426 valence electrons. The Morgan fingerprint density at radius 2 is 0.885 bits per heavy atom. The lowest BCUT2D eigenvalue weighted by Crippen LogP contribution is -2.59. The molecule has 0 spiro atoms. The number of likely N-dealkylation sites (tertiary alicyclic amines) is 3. The molecule has 0 saturated carbocycles. The summed E-state index contributed by atoms with van der Waals surface area (Å²) in [6.45, 7) is 1.10. The van der Waals surface area contributed by atoms with Crippen LogP contribution in [0.2, 0.25) is 0 Å². The highest BCUT2D eigenvalue weighted by atomic mass is 16.4. The van der Waals surface area contributed by atoms with Gasteiger partial charge in [-0.3, -0.25) is 47.9 Å². The molecule has 0 aliphatic carbocycles. The van der Waals surface area contributed by atoms with Gasteiger partial charge in [0.25, 0.3) is 0 Å². The molecule has 5 rings (SSSR count). The fourth-order valence-corrected chi connectivity index (χ4v) is 9.50. The van der Waals surface area contributed by atoms with E-state index in [9.17, 15) is 78.3 Å². The smallest absolute Gasteiger partial charge is 0.326 e. The van der Waals surface area contributed by atoms with E-state index < -0.39 is 164 Å². The Bertz CT molecular complexity index is 2490. The summed E-state index contributed by atoms with van der Waals surface area (Å²) in [7, 11) is 0. The highest BCUT2D eigenvalue weighted by molar-refractivity contribution is 5.98. The summed E-state index contributed by atoms with van der Waals surface area (Å²) in [6, 6.07) is 7.82. The van der Waals surface area contributed by atoms with Crippen molar-refractivity contribution in [3.05, 3.63) is 71.8 Å². The van der Waals surface area contributed by atoms with Gasteiger partial charge in [0.05, 0.1) is 50.6 Å². The van der Waals surface area contributed by atoms with Crippen LogP contribution in [0.4, 0.5) is 0 Å². The van der Waals surface area contributed by atoms with Crippen LogP contribution in [0.5, 0.6) is 0 Å². The highest BCUT2D eigenvalue weighted by Gasteiger charge is 2.45. The van der Waals surface area contributed by atoms with E-state index in [1.54, 1.807) is 74.5 Å². The zero-order valence-electron chi connectivity index (χ0n) is 43.5. The minimum Gasteiger partial charge on any atom is -0.480 e. The van der Waals surface area contributed by atoms with E-state index in [1.165, 1.54) is 6.92 Å². The number of nitrogens with one attached hydrogen (secondary N) is 7. The summed E-state index contributed by atoms with van der Waals surface area (Å²) in [6.07, 6.45) is -5.81. The molecule has 2 aromatic rings. The molecule has 14 N–H and O–H groups in total. The zero-order valence-corrected chi connectivity index (χ0v) is 43.5. The SMILES string of the molecule is CC(C)C[C@H](NC(=O)CNC(=O)[C@@H]1C[C@@H](O)CN1C(=O)[C@@H](NC(=O)CNC(=O)[C@@H]1C[C@@H](O)CN1C(=O)[C@H](Cc1ccccc1)NC(=O)CN)[C@@H](C)O)C(=O)N1C[C@H](O)C[C@H]1C(=O)NCC(=O)N[C@@H](Cc1ccccc1)C(=O)O. The Labute approximate surface area is 449 Å². The minimum atomic E-state index is -1.72. The zero-order chi connectivity index (χ0) is 57.4. The van der Waals surface area contributed by atoms with Crippen LogP contribution in [-0.2, 0) is 65.6 Å². The quantitative estimate of drug-likeness (QED) is 0.0440. The van der Waals surface area contributed by atoms with E-state index in [1.807, 2.05) is 0 Å². The van der Waals surface area contributed by atoms with Crippen molar-refractivity contribution >= 4 is 65.0 Å². The van der Waals surface area contributed by atoms with Gasteiger partial charge in [-0.25, -0.2) is 4.79 Å². The van der Waals surface area contributed by atoms with E-state index >= 15 is 0 Å². The summed E-state index contributed by atoms with van der Waals surface area (Å²) in [5, 5.41) is 68.9. The Morgan fingerprint density at radius 3 is 1.27 bits per heavy atom. The number of carboxylic acid groups (broad SMARTS) is 1. The number of hydrogen-bond donors (Lipinski definition) is 13. The van der Waals surface area contributed by atoms with E-state index in [2.05, 4.69) is 37.2 Å². The molecule has 2 aromatic carbocycles. The van der Waals surface area contributed by atoms with Crippen molar-refractivity contribution in [1.29, 1.82) is 0 Å². The number of nitrogens with zero attached hydrogens (tertiary/aromatic N) is 3. The summed E-state index contributed by atoms with van der Waals surface area (Å²) in [5.74, 6) is -9.87. The maximum absolute atomic E-state index is 14.0. The second-order valence-corrected chi connectivity index (χ2v) is 20.0. The summed E-state index contributed by atoms with van der Waals surface area (Å²) < 4.78 is 0. The number of β-amino-alcohol motifs (C(OH)–C–C–N with tert-alkyl or cyclic N) is 3. The molecule has 0 unspecified atom stereocenters. The highest BCUT2D eigenvalue weighted by Crippen LogP contribution is 2.24. The number of aliphatic carboxylic acids is 1. The van der Waals surface area contributed by atoms with Crippen molar-refractivity contribution in [3.8, 4) is 0 Å². The third kappa shape index (κ3) is 17.5. The number of carboxylic acids is 1. The fraction of sp³-hybridized carbons (Fsp3) is 0.549. The topological polar surface area (TPSA) is 409 Å². The molecule has 3 saturated heterocycles. The molecule has 0 aromatic heterocycles. The summed E-state index contributed by atoms with van der Waals surface area (Å²) in [5.41, 5.74) is 6.82. The molecule has 27 nitrogen and oxygen atoms in total. The van der Waals surface area contributed by atoms with E-state index in [0.29, 0.717) is 11.1 Å². The number of amides is 10. The van der Waals surface area contributed by atoms with E-state index in [4.69, 9.17) is 5.73 Å². The van der Waals surface area contributed by atoms with Crippen molar-refractivity contribution in [2.75, 3.05) is 45.8 Å². The van der Waals surface area contributed by atoms with Gasteiger partial charge in [0.15, 0.2) is 0 Å². The van der Waals surface area contributed by atoms with Crippen molar-refractivity contribution in [2.45, 2.75) is 126 Å². The third-order valence-corrected chi connectivity index (χ3v) is 13.3. The lowest BCUT2D eigenvalue weighted by Gasteiger charge is -2.30. The normalized spacial score (nSPS) is 21.8. The molecule has 0 radical (unpaired) electrons. The molecule has 10 amide bonds. The van der Waals surface area contributed by atoms with Crippen LogP contribution >= 0.6 is 0 Å². The predicted octanol–water partition coefficient (Wildman–Crippen LogP) is -5.88. The first-order valence-electron chi connectivity index (χ1n) is 25.6. The van der Waals surface area contributed by atoms with Gasteiger partial charge >= 0.3 is 5.97 Å². The van der Waals surface area contributed by atoms with E-state index in [0.717, 1.165) is 14.7 Å². The number of benzene rings is 2. The number of aliphatic hydroxyl groups excluding tert-OH is 4. The molecule has 3 heterocycles. The minimum absolute atomic E-state index is 0.0271. The van der Waals surface area contributed by atoms with Gasteiger partial charge in [-0.15, -0.1) is 0 Å². The first kappa shape index (κ1) is 61.3. The Balaban J connectivity index is 1.14. The van der Waals surface area contributed by atoms with E-state index in [-0.39, 0.29) is 57.5 Å². The third-order valence-electron chi connectivity index (χ3n) is 13.3. The molecule has 78 heavy (non-hydrogen) atoms. The van der Waals surface area contributed by atoms with Crippen LogP contribution in [-0.4, -0.2) is 218 Å². The second kappa shape index (κ2) is 28.7. The van der Waals surface area contributed by atoms with Crippen LogP contribution in [0.3, 0.4) is 0 Å². The monoisotopic (exact) mass is 1090 g/mol. The number of rotatable bonds is 25. The lowest BCUT2D eigenvalue weighted by molar-refractivity contribution is -0.144. The largest absolute Gasteiger partial charge is 0.480 e. The number of carbonyl (C=O) groups is 11. The van der Waals surface area contributed by atoms with Crippen LogP contribution in [0.25, 0.3) is 0 Å². The Kier molecular flexibility index (Phi) is 22.5. The molecular formula is C51H71N11O16. The average Bonchev–Trinajstić information content (AvgIpc) is 4.12. The van der Waals surface area contributed by atoms with Crippen molar-refractivity contribution in [1.82, 2.24) is 51.9 Å². The number of hydrogen-bond acceptors (Lipinski definition) is 16. The lowest BCUT2D eigenvalue weighted by atomic mass is 10.0. The van der Waals surface area contributed by atoms with Crippen molar-refractivity contribution in [2.24, 2.45) is 11.7 Å². The van der Waals surface area contributed by atoms with Gasteiger partial charge in [0.2, 0.25) is 59.1 Å². The summed E-state index contributed by atoms with van der Waals surface area (Å²) in [4.78, 5) is 149. The van der Waals surface area contributed by atoms with Gasteiger partial charge in [-0.2, -0.15) is 0 Å². The first-order valence-corrected chi connectivity index (χ1v) is 25.6. The van der Waals surface area contributed by atoms with Crippen LogP contribution in [0, 0.1) is 5.92 Å². The van der Waals surface area contributed by atoms with Gasteiger partial charge in [0, 0.05) is 51.7 Å². The fourth-order valence-electron chi connectivity index (χ4n) is 9.50. The van der Waals surface area contributed by atoms with Gasteiger partial charge < -0.3 is 83.2 Å². The van der Waals surface area contributed by atoms with Crippen molar-refractivity contribution < 1.29 is 78.3 Å². The molecule has 3 fully saturated rings. The van der Waals surface area contributed by atoms with Gasteiger partial charge in [0.1, 0.15) is 42.3 Å². The maximum atomic E-state index is 14.0. The number of nitrogens with two attached hydrogens (primary N) is 1. The molecule has 0 bridgehead atoms. The van der Waals surface area contributed by atoms with Gasteiger partial charge in [-0.05, 0) is 30.4 Å². The Morgan fingerprint density at radius 1 is 0.526 bits per heavy atom. The first-order chi connectivity index (χ1) is 36.9. The molecule has 11 atom stereocenters. The van der Waals surface area contributed by atoms with Crippen LogP contribution in [0.1, 0.15) is 57.6 Å². The Hall–Kier alpha value is -7.59. The molecular weight excluding hydrogens is 1020 g/mol. The number of carbonyl (C=O) groups excluding carboxylic acids is 10. The average molecular weight is 1090 g/mol. The predicted molar refractivity (Wildman–Crippen MR) is 273 cm³/mol. The number of aliphatic hydroxyl groups is 4. The van der Waals surface area contributed by atoms with Crippen LogP contribution in [0.15, 0.2) is 60.7 Å². The standard InChI is InChI=1S/C51H71N11O16/c1-27(2)14-34(48(74)60-24-31(64)17-37(60)45(71)54-22-42(69)58-36(51(77)78)16-30-12-8-5-9-13-30)57-41(68)21-53-47(73)39-19-33(66)26-62(39)50(76)44(28(3)63)59-43(70)23-55-46(72)38-18-32(65)25-61(38)49(75)35(56-40(67)20-52)15-29-10-6-4-7-11-29/h4-13,27-28,31-39,44,63-66H,14-26,52H2,1-3H3,(H,53,73)(H,54,71)(H,55,72)(H,56,67)(H,57,68)(H,58,69)(H,59,70)(H,77,78)/t28-,31-,32-,33-,34+,35+,36+,37+,38+,39+,44+/m1/s1. The molecule has 3 aliphatic heterocycles. The van der Waals surface area contributed by atoms with Gasteiger partial charge in [-0.1, -0.05) is 74.5 Å². The van der Waals surface area contributed by atoms with Crippen LogP contribution < -0.4 is 43.0 Å². The summed E-state index contributed by atoms with van der Waals surface area (Å²) >= 11 is 0.